The maximum absolute atomic E-state index is 13.2. The predicted octanol–water partition coefficient (Wildman–Crippen LogP) is 4.02. The molecule has 0 radical (unpaired) electrons. The second-order valence-electron chi connectivity index (χ2n) is 5.17. The van der Waals surface area contributed by atoms with Crippen LogP contribution in [0.5, 0.6) is 0 Å². The van der Waals surface area contributed by atoms with Crippen molar-refractivity contribution in [3.63, 3.8) is 0 Å². The van der Waals surface area contributed by atoms with E-state index in [0.29, 0.717) is 10.8 Å². The maximum Gasteiger partial charge on any atom is 0.252 e. The lowest BCUT2D eigenvalue weighted by Crippen LogP contribution is -2.26. The zero-order chi connectivity index (χ0) is 17.1. The Morgan fingerprint density at radius 3 is 2.71 bits per heavy atom. The molecule has 1 amide bonds. The van der Waals surface area contributed by atoms with Gasteiger partial charge < -0.3 is 9.84 Å². The quantitative estimate of drug-likeness (QED) is 0.775. The number of nitrogens with zero attached hydrogens (tertiary/aromatic N) is 2. The van der Waals surface area contributed by atoms with Gasteiger partial charge in [-0.1, -0.05) is 22.8 Å². The molecule has 122 valence electrons. The van der Waals surface area contributed by atoms with E-state index in [1.165, 1.54) is 18.2 Å². The lowest BCUT2D eigenvalue weighted by molar-refractivity contribution is 0.0932. The fraction of sp³-hybridized carbons (Fsp3) is 0.118. The second-order valence-corrected chi connectivity index (χ2v) is 5.61. The van der Waals surface area contributed by atoms with E-state index in [2.05, 4.69) is 15.5 Å². The van der Waals surface area contributed by atoms with Crippen molar-refractivity contribution in [1.29, 1.82) is 0 Å². The number of rotatable bonds is 4. The number of aromatic nitrogens is 2. The van der Waals surface area contributed by atoms with Crippen molar-refractivity contribution in [3.05, 3.63) is 70.8 Å². The summed E-state index contributed by atoms with van der Waals surface area (Å²) >= 11 is 5.84. The number of carbonyl (C=O) groups excluding carboxylic acids is 1. The molecule has 24 heavy (non-hydrogen) atoms. The van der Waals surface area contributed by atoms with Crippen molar-refractivity contribution in [2.75, 3.05) is 0 Å². The average Bonchev–Trinajstić information content (AvgIpc) is 3.05. The molecule has 1 heterocycles. The maximum atomic E-state index is 13.2. The summed E-state index contributed by atoms with van der Waals surface area (Å²) in [5.74, 6) is -0.246. The molecule has 1 N–H and O–H groups in total. The van der Waals surface area contributed by atoms with Crippen LogP contribution < -0.4 is 5.32 Å². The Kier molecular flexibility index (Phi) is 4.57. The van der Waals surface area contributed by atoms with E-state index in [4.69, 9.17) is 16.1 Å². The predicted molar refractivity (Wildman–Crippen MR) is 87.0 cm³/mol. The molecule has 0 unspecified atom stereocenters. The highest BCUT2D eigenvalue weighted by atomic mass is 35.5. The van der Waals surface area contributed by atoms with E-state index >= 15 is 0 Å². The van der Waals surface area contributed by atoms with E-state index in [1.54, 1.807) is 31.2 Å². The van der Waals surface area contributed by atoms with Crippen LogP contribution in [0.1, 0.15) is 29.2 Å². The molecule has 0 aliphatic heterocycles. The SMILES string of the molecule is C[C@@H](NC(=O)c1cccc(F)c1)c1nc(-c2ccc(Cl)cc2)no1. The van der Waals surface area contributed by atoms with Gasteiger partial charge in [-0.3, -0.25) is 4.79 Å². The molecule has 0 aliphatic rings. The molecular weight excluding hydrogens is 333 g/mol. The Bertz CT molecular complexity index is 864. The van der Waals surface area contributed by atoms with E-state index < -0.39 is 17.8 Å². The minimum absolute atomic E-state index is 0.222. The lowest BCUT2D eigenvalue weighted by Gasteiger charge is -2.09. The molecule has 3 aromatic rings. The molecule has 1 aromatic heterocycles. The zero-order valence-electron chi connectivity index (χ0n) is 12.7. The largest absolute Gasteiger partial charge is 0.341 e. The van der Waals surface area contributed by atoms with Crippen LogP contribution in [-0.4, -0.2) is 16.0 Å². The summed E-state index contributed by atoms with van der Waals surface area (Å²) < 4.78 is 18.4. The standard InChI is InChI=1S/C17H13ClFN3O2/c1-10(20-16(23)12-3-2-4-14(19)9-12)17-21-15(22-24-17)11-5-7-13(18)8-6-11/h2-10H,1H3,(H,20,23)/t10-/m1/s1. The summed E-state index contributed by atoms with van der Waals surface area (Å²) in [4.78, 5) is 16.4. The monoisotopic (exact) mass is 345 g/mol. The van der Waals surface area contributed by atoms with Gasteiger partial charge in [-0.05, 0) is 49.4 Å². The van der Waals surface area contributed by atoms with Crippen LogP contribution in [0.3, 0.4) is 0 Å². The van der Waals surface area contributed by atoms with Gasteiger partial charge in [0.25, 0.3) is 5.91 Å². The highest BCUT2D eigenvalue weighted by molar-refractivity contribution is 6.30. The van der Waals surface area contributed by atoms with Gasteiger partial charge in [0.1, 0.15) is 11.9 Å². The molecule has 5 nitrogen and oxygen atoms in total. The van der Waals surface area contributed by atoms with Crippen LogP contribution in [0.2, 0.25) is 5.02 Å². The van der Waals surface area contributed by atoms with Gasteiger partial charge in [-0.2, -0.15) is 4.98 Å². The van der Waals surface area contributed by atoms with Crippen molar-refractivity contribution in [2.45, 2.75) is 13.0 Å². The summed E-state index contributed by atoms with van der Waals surface area (Å²) in [5.41, 5.74) is 0.970. The molecule has 0 aliphatic carbocycles. The number of hydrogen-bond donors (Lipinski definition) is 1. The van der Waals surface area contributed by atoms with Crippen LogP contribution in [0.4, 0.5) is 4.39 Å². The number of nitrogens with one attached hydrogen (secondary N) is 1. The van der Waals surface area contributed by atoms with Gasteiger partial charge in [0.05, 0.1) is 0 Å². The topological polar surface area (TPSA) is 68.0 Å². The molecule has 0 fully saturated rings. The third kappa shape index (κ3) is 3.60. The summed E-state index contributed by atoms with van der Waals surface area (Å²) in [5, 5.41) is 7.19. The van der Waals surface area contributed by atoms with Crippen LogP contribution in [0.25, 0.3) is 11.4 Å². The Labute approximate surface area is 142 Å². The fourth-order valence-corrected chi connectivity index (χ4v) is 2.22. The summed E-state index contributed by atoms with van der Waals surface area (Å²) in [6.45, 7) is 1.70. The summed E-state index contributed by atoms with van der Waals surface area (Å²) in [7, 11) is 0. The molecule has 3 rings (SSSR count). The first-order valence-electron chi connectivity index (χ1n) is 7.19. The van der Waals surface area contributed by atoms with Gasteiger partial charge in [0.15, 0.2) is 0 Å². The third-order valence-corrected chi connectivity index (χ3v) is 3.60. The van der Waals surface area contributed by atoms with Crippen molar-refractivity contribution in [1.82, 2.24) is 15.5 Å². The Morgan fingerprint density at radius 2 is 2.00 bits per heavy atom. The molecule has 2 aromatic carbocycles. The highest BCUT2D eigenvalue weighted by Crippen LogP contribution is 2.20. The minimum Gasteiger partial charge on any atom is -0.341 e. The second kappa shape index (κ2) is 6.80. The number of amides is 1. The summed E-state index contributed by atoms with van der Waals surface area (Å²) in [6, 6.07) is 11.9. The smallest absolute Gasteiger partial charge is 0.252 e. The zero-order valence-corrected chi connectivity index (χ0v) is 13.4. The normalized spacial score (nSPS) is 12.0. The average molecular weight is 346 g/mol. The van der Waals surface area contributed by atoms with Gasteiger partial charge in [0, 0.05) is 16.1 Å². The van der Waals surface area contributed by atoms with E-state index in [9.17, 15) is 9.18 Å². The number of carbonyl (C=O) groups is 1. The Hall–Kier alpha value is -2.73. The molecule has 0 bridgehead atoms. The third-order valence-electron chi connectivity index (χ3n) is 3.35. The minimum atomic E-state index is -0.519. The van der Waals surface area contributed by atoms with E-state index in [-0.39, 0.29) is 11.5 Å². The molecule has 0 saturated carbocycles. The number of halogens is 2. The van der Waals surface area contributed by atoms with Crippen molar-refractivity contribution < 1.29 is 13.7 Å². The number of benzene rings is 2. The van der Waals surface area contributed by atoms with Crippen LogP contribution in [0, 0.1) is 5.82 Å². The van der Waals surface area contributed by atoms with E-state index in [1.807, 2.05) is 0 Å². The number of hydrogen-bond acceptors (Lipinski definition) is 4. The highest BCUT2D eigenvalue weighted by Gasteiger charge is 2.18. The lowest BCUT2D eigenvalue weighted by atomic mass is 10.2. The molecule has 0 spiro atoms. The van der Waals surface area contributed by atoms with Gasteiger partial charge >= 0.3 is 0 Å². The molecular formula is C17H13ClFN3O2. The van der Waals surface area contributed by atoms with Crippen molar-refractivity contribution in [2.24, 2.45) is 0 Å². The van der Waals surface area contributed by atoms with Crippen molar-refractivity contribution >= 4 is 17.5 Å². The van der Waals surface area contributed by atoms with Gasteiger partial charge in [-0.15, -0.1) is 0 Å². The van der Waals surface area contributed by atoms with Crippen molar-refractivity contribution in [3.8, 4) is 11.4 Å². The van der Waals surface area contributed by atoms with Gasteiger partial charge in [-0.25, -0.2) is 4.39 Å². The molecule has 0 saturated heterocycles. The molecule has 1 atom stereocenters. The van der Waals surface area contributed by atoms with E-state index in [0.717, 1.165) is 11.6 Å². The Balaban J connectivity index is 1.73. The van der Waals surface area contributed by atoms with Crippen LogP contribution in [0.15, 0.2) is 53.1 Å². The van der Waals surface area contributed by atoms with Crippen LogP contribution in [-0.2, 0) is 0 Å². The van der Waals surface area contributed by atoms with Crippen LogP contribution >= 0.6 is 11.6 Å². The fourth-order valence-electron chi connectivity index (χ4n) is 2.10. The molecule has 7 heteroatoms. The first kappa shape index (κ1) is 16.1. The first-order valence-corrected chi connectivity index (χ1v) is 7.57. The summed E-state index contributed by atoms with van der Waals surface area (Å²) in [6.07, 6.45) is 0. The Morgan fingerprint density at radius 1 is 1.25 bits per heavy atom. The first-order chi connectivity index (χ1) is 11.5. The van der Waals surface area contributed by atoms with Gasteiger partial charge in [0.2, 0.25) is 11.7 Å².